The number of aromatic nitrogens is 1. The second kappa shape index (κ2) is 4.31. The minimum atomic E-state index is 0.0194. The molecule has 15 heavy (non-hydrogen) atoms. The van der Waals surface area contributed by atoms with Crippen molar-refractivity contribution in [3.8, 4) is 0 Å². The van der Waals surface area contributed by atoms with Crippen molar-refractivity contribution in [3.63, 3.8) is 0 Å². The van der Waals surface area contributed by atoms with E-state index in [-0.39, 0.29) is 11.8 Å². The fourth-order valence-electron chi connectivity index (χ4n) is 1.66. The summed E-state index contributed by atoms with van der Waals surface area (Å²) in [6, 6.07) is 0. The molecule has 0 fully saturated rings. The highest BCUT2D eigenvalue weighted by Gasteiger charge is 2.16. The molecular formula is C11H16N2OS. The zero-order valence-electron chi connectivity index (χ0n) is 9.17. The molecule has 0 radical (unpaired) electrons. The largest absolute Gasteiger partial charge is 0.302 e. The number of carbonyl (C=O) groups is 1. The third-order valence-corrected chi connectivity index (χ3v) is 3.67. The van der Waals surface area contributed by atoms with Gasteiger partial charge in [-0.05, 0) is 25.7 Å². The molecule has 1 amide bonds. The first kappa shape index (κ1) is 10.6. The minimum absolute atomic E-state index is 0.0194. The summed E-state index contributed by atoms with van der Waals surface area (Å²) in [7, 11) is 0. The van der Waals surface area contributed by atoms with Gasteiger partial charge in [0.1, 0.15) is 0 Å². The Bertz CT molecular complexity index is 347. The first-order valence-corrected chi connectivity index (χ1v) is 6.28. The Labute approximate surface area is 93.9 Å². The van der Waals surface area contributed by atoms with Gasteiger partial charge in [-0.1, -0.05) is 13.8 Å². The molecule has 1 aromatic heterocycles. The van der Waals surface area contributed by atoms with Crippen LogP contribution >= 0.6 is 11.3 Å². The van der Waals surface area contributed by atoms with E-state index in [4.69, 9.17) is 0 Å². The Kier molecular flexibility index (Phi) is 3.05. The van der Waals surface area contributed by atoms with Gasteiger partial charge in [0.25, 0.3) is 0 Å². The quantitative estimate of drug-likeness (QED) is 0.839. The van der Waals surface area contributed by atoms with E-state index in [2.05, 4.69) is 10.3 Å². The van der Waals surface area contributed by atoms with Gasteiger partial charge in [0.15, 0.2) is 5.13 Å². The van der Waals surface area contributed by atoms with Gasteiger partial charge in [-0.2, -0.15) is 0 Å². The van der Waals surface area contributed by atoms with Gasteiger partial charge in [-0.15, -0.1) is 11.3 Å². The van der Waals surface area contributed by atoms with Crippen LogP contribution in [0.25, 0.3) is 0 Å². The SMILES string of the molecule is CC(C)C(=O)Nc1nc2c(s1)CCCC2. The van der Waals surface area contributed by atoms with Crippen LogP contribution in [0, 0.1) is 5.92 Å². The standard InChI is InChI=1S/C11H16N2OS/c1-7(2)10(14)13-11-12-8-5-3-4-6-9(8)15-11/h7H,3-6H2,1-2H3,(H,12,13,14). The average molecular weight is 224 g/mol. The Hall–Kier alpha value is -0.900. The molecule has 0 aliphatic heterocycles. The normalized spacial score (nSPS) is 15.1. The smallest absolute Gasteiger partial charge is 0.228 e. The number of hydrogen-bond donors (Lipinski definition) is 1. The predicted octanol–water partition coefficient (Wildman–Crippen LogP) is 2.62. The van der Waals surface area contributed by atoms with Crippen molar-refractivity contribution < 1.29 is 4.79 Å². The average Bonchev–Trinajstić information content (AvgIpc) is 2.59. The molecule has 0 atom stereocenters. The second-order valence-electron chi connectivity index (χ2n) is 4.24. The van der Waals surface area contributed by atoms with E-state index in [9.17, 15) is 4.79 Å². The lowest BCUT2D eigenvalue weighted by molar-refractivity contribution is -0.118. The van der Waals surface area contributed by atoms with E-state index in [1.54, 1.807) is 11.3 Å². The summed E-state index contributed by atoms with van der Waals surface area (Å²) in [6.07, 6.45) is 4.69. The van der Waals surface area contributed by atoms with Crippen LogP contribution in [0.3, 0.4) is 0 Å². The molecular weight excluding hydrogens is 208 g/mol. The number of amides is 1. The summed E-state index contributed by atoms with van der Waals surface area (Å²) in [6.45, 7) is 3.78. The molecule has 0 aromatic carbocycles. The van der Waals surface area contributed by atoms with Crippen LogP contribution in [0.2, 0.25) is 0 Å². The molecule has 0 bridgehead atoms. The van der Waals surface area contributed by atoms with Crippen molar-refractivity contribution in [3.05, 3.63) is 10.6 Å². The van der Waals surface area contributed by atoms with Crippen molar-refractivity contribution >= 4 is 22.4 Å². The molecule has 82 valence electrons. The summed E-state index contributed by atoms with van der Waals surface area (Å²) in [5.74, 6) is 0.0759. The van der Waals surface area contributed by atoms with Gasteiger partial charge in [-0.3, -0.25) is 4.79 Å². The summed E-state index contributed by atoms with van der Waals surface area (Å²) in [5.41, 5.74) is 1.20. The lowest BCUT2D eigenvalue weighted by atomic mass is 10.0. The van der Waals surface area contributed by atoms with E-state index in [0.29, 0.717) is 0 Å². The van der Waals surface area contributed by atoms with E-state index < -0.39 is 0 Å². The molecule has 1 heterocycles. The Morgan fingerprint density at radius 2 is 2.13 bits per heavy atom. The maximum atomic E-state index is 11.5. The first-order chi connectivity index (χ1) is 7.16. The van der Waals surface area contributed by atoms with Crippen LogP contribution in [0.1, 0.15) is 37.3 Å². The van der Waals surface area contributed by atoms with Crippen LogP contribution in [-0.4, -0.2) is 10.9 Å². The van der Waals surface area contributed by atoms with Gasteiger partial charge in [-0.25, -0.2) is 4.98 Å². The zero-order valence-corrected chi connectivity index (χ0v) is 9.99. The van der Waals surface area contributed by atoms with Gasteiger partial charge in [0.05, 0.1) is 5.69 Å². The number of fused-ring (bicyclic) bond motifs is 1. The molecule has 1 aromatic rings. The summed E-state index contributed by atoms with van der Waals surface area (Å²) >= 11 is 1.64. The van der Waals surface area contributed by atoms with Crippen LogP contribution in [0.4, 0.5) is 5.13 Å². The Morgan fingerprint density at radius 1 is 1.40 bits per heavy atom. The number of nitrogens with one attached hydrogen (secondary N) is 1. The van der Waals surface area contributed by atoms with Crippen LogP contribution in [-0.2, 0) is 17.6 Å². The molecule has 0 spiro atoms. The number of thiazole rings is 1. The molecule has 0 saturated carbocycles. The number of anilines is 1. The Balaban J connectivity index is 2.09. The lowest BCUT2D eigenvalue weighted by Gasteiger charge is -2.06. The highest BCUT2D eigenvalue weighted by molar-refractivity contribution is 7.15. The Morgan fingerprint density at radius 3 is 2.80 bits per heavy atom. The minimum Gasteiger partial charge on any atom is -0.302 e. The molecule has 2 rings (SSSR count). The van der Waals surface area contributed by atoms with Crippen molar-refractivity contribution in [2.24, 2.45) is 5.92 Å². The van der Waals surface area contributed by atoms with Gasteiger partial charge < -0.3 is 5.32 Å². The molecule has 1 N–H and O–H groups in total. The highest BCUT2D eigenvalue weighted by Crippen LogP contribution is 2.29. The van der Waals surface area contributed by atoms with E-state index >= 15 is 0 Å². The van der Waals surface area contributed by atoms with Crippen LogP contribution in [0.15, 0.2) is 0 Å². The van der Waals surface area contributed by atoms with Crippen molar-refractivity contribution in [1.29, 1.82) is 0 Å². The summed E-state index contributed by atoms with van der Waals surface area (Å²) < 4.78 is 0. The third kappa shape index (κ3) is 2.37. The number of carbonyl (C=O) groups excluding carboxylic acids is 1. The summed E-state index contributed by atoms with van der Waals surface area (Å²) in [5, 5.41) is 3.65. The molecule has 1 aliphatic rings. The fraction of sp³-hybridized carbons (Fsp3) is 0.636. The molecule has 0 saturated heterocycles. The number of nitrogens with zero attached hydrogens (tertiary/aromatic N) is 1. The van der Waals surface area contributed by atoms with Crippen molar-refractivity contribution in [2.45, 2.75) is 39.5 Å². The van der Waals surface area contributed by atoms with Gasteiger partial charge in [0, 0.05) is 10.8 Å². The number of rotatable bonds is 2. The molecule has 1 aliphatic carbocycles. The van der Waals surface area contributed by atoms with E-state index in [1.807, 2.05) is 13.8 Å². The van der Waals surface area contributed by atoms with Crippen molar-refractivity contribution in [2.75, 3.05) is 5.32 Å². The van der Waals surface area contributed by atoms with E-state index in [1.165, 1.54) is 23.4 Å². The lowest BCUT2D eigenvalue weighted by Crippen LogP contribution is -2.17. The molecule has 4 heteroatoms. The first-order valence-electron chi connectivity index (χ1n) is 5.46. The van der Waals surface area contributed by atoms with E-state index in [0.717, 1.165) is 18.0 Å². The third-order valence-electron chi connectivity index (χ3n) is 2.60. The second-order valence-corrected chi connectivity index (χ2v) is 5.32. The maximum absolute atomic E-state index is 11.5. The molecule has 3 nitrogen and oxygen atoms in total. The molecule has 0 unspecified atom stereocenters. The fourth-order valence-corrected chi connectivity index (χ4v) is 2.71. The highest BCUT2D eigenvalue weighted by atomic mass is 32.1. The zero-order chi connectivity index (χ0) is 10.8. The van der Waals surface area contributed by atoms with Gasteiger partial charge in [0.2, 0.25) is 5.91 Å². The van der Waals surface area contributed by atoms with Crippen molar-refractivity contribution in [1.82, 2.24) is 4.98 Å². The maximum Gasteiger partial charge on any atom is 0.228 e. The van der Waals surface area contributed by atoms with Gasteiger partial charge >= 0.3 is 0 Å². The topological polar surface area (TPSA) is 42.0 Å². The van der Waals surface area contributed by atoms with Crippen LogP contribution < -0.4 is 5.32 Å². The summed E-state index contributed by atoms with van der Waals surface area (Å²) in [4.78, 5) is 17.3. The van der Waals surface area contributed by atoms with Crippen LogP contribution in [0.5, 0.6) is 0 Å². The monoisotopic (exact) mass is 224 g/mol. The number of hydrogen-bond acceptors (Lipinski definition) is 3. The number of aryl methyl sites for hydroxylation is 2. The predicted molar refractivity (Wildman–Crippen MR) is 62.2 cm³/mol.